The van der Waals surface area contributed by atoms with Gasteiger partial charge in [0.15, 0.2) is 0 Å². The van der Waals surface area contributed by atoms with Gasteiger partial charge in [0.25, 0.3) is 11.8 Å². The normalized spacial score (nSPS) is 12.8. The van der Waals surface area contributed by atoms with Crippen LogP contribution < -0.4 is 21.1 Å². The van der Waals surface area contributed by atoms with Crippen LogP contribution in [0, 0.1) is 11.8 Å². The Morgan fingerprint density at radius 3 is 2.77 bits per heavy atom. The lowest BCUT2D eigenvalue weighted by Crippen LogP contribution is -2.22. The van der Waals surface area contributed by atoms with Gasteiger partial charge in [0.2, 0.25) is 0 Å². The van der Waals surface area contributed by atoms with Gasteiger partial charge in [0.1, 0.15) is 17.8 Å². The van der Waals surface area contributed by atoms with Crippen LogP contribution in [0.25, 0.3) is 11.0 Å². The number of ether oxygens (including phenoxy) is 1. The van der Waals surface area contributed by atoms with Crippen molar-refractivity contribution in [3.63, 3.8) is 0 Å². The summed E-state index contributed by atoms with van der Waals surface area (Å²) in [6.07, 6.45) is -1.92. The van der Waals surface area contributed by atoms with Gasteiger partial charge in [-0.25, -0.2) is 4.98 Å². The largest absolute Gasteiger partial charge is 0.491 e. The van der Waals surface area contributed by atoms with E-state index in [1.54, 1.807) is 19.2 Å². The van der Waals surface area contributed by atoms with E-state index in [-0.39, 0.29) is 29.0 Å². The van der Waals surface area contributed by atoms with Crippen LogP contribution in [0.3, 0.4) is 0 Å². The van der Waals surface area contributed by atoms with Crippen LogP contribution in [0.5, 0.6) is 5.75 Å². The monoisotopic (exact) mass is 485 g/mol. The third kappa shape index (κ3) is 5.16. The van der Waals surface area contributed by atoms with Crippen molar-refractivity contribution in [2.75, 3.05) is 25.5 Å². The smallest absolute Gasteiger partial charge is 0.406 e. The predicted molar refractivity (Wildman–Crippen MR) is 123 cm³/mol. The van der Waals surface area contributed by atoms with Crippen LogP contribution in [0.1, 0.15) is 38.3 Å². The SMILES string of the molecule is CNC(=O)c1ccc(NCC#Cc2cc(C(N)=O)c3ncn(CC(F)(F)F)c3c2)c2c1CCCO2. The Hall–Kier alpha value is -4.20. The van der Waals surface area contributed by atoms with E-state index >= 15 is 0 Å². The number of primary amides is 1. The fraction of sp³-hybridized carbons (Fsp3) is 0.292. The van der Waals surface area contributed by atoms with E-state index in [2.05, 4.69) is 27.5 Å². The molecule has 2 aromatic carbocycles. The van der Waals surface area contributed by atoms with E-state index in [1.165, 1.54) is 12.1 Å². The zero-order valence-corrected chi connectivity index (χ0v) is 18.8. The Balaban J connectivity index is 1.59. The number of hydrogen-bond donors (Lipinski definition) is 3. The molecule has 3 aromatic rings. The van der Waals surface area contributed by atoms with Crippen molar-refractivity contribution in [2.45, 2.75) is 25.6 Å². The molecule has 35 heavy (non-hydrogen) atoms. The third-order valence-corrected chi connectivity index (χ3v) is 5.49. The third-order valence-electron chi connectivity index (χ3n) is 5.49. The number of rotatable bonds is 5. The first-order valence-corrected chi connectivity index (χ1v) is 10.8. The van der Waals surface area contributed by atoms with Crippen LogP contribution in [0.15, 0.2) is 30.6 Å². The Labute approximate surface area is 198 Å². The van der Waals surface area contributed by atoms with Crippen LogP contribution in [-0.4, -0.2) is 47.7 Å². The first-order valence-electron chi connectivity index (χ1n) is 10.8. The summed E-state index contributed by atoms with van der Waals surface area (Å²) in [6, 6.07) is 6.31. The second-order valence-corrected chi connectivity index (χ2v) is 7.90. The summed E-state index contributed by atoms with van der Waals surface area (Å²) in [7, 11) is 1.57. The maximum atomic E-state index is 12.9. The maximum Gasteiger partial charge on any atom is 0.406 e. The Bertz CT molecular complexity index is 1370. The molecule has 8 nitrogen and oxygen atoms in total. The average molecular weight is 485 g/mol. The Morgan fingerprint density at radius 1 is 1.26 bits per heavy atom. The number of carbonyl (C=O) groups is 2. The number of benzene rings is 2. The fourth-order valence-corrected chi connectivity index (χ4v) is 3.98. The summed E-state index contributed by atoms with van der Waals surface area (Å²) < 4.78 is 45.5. The maximum absolute atomic E-state index is 12.9. The van der Waals surface area contributed by atoms with E-state index in [0.29, 0.717) is 35.6 Å². The molecule has 0 atom stereocenters. The number of aromatic nitrogens is 2. The lowest BCUT2D eigenvalue weighted by atomic mass is 9.98. The van der Waals surface area contributed by atoms with Crippen LogP contribution in [-0.2, 0) is 13.0 Å². The van der Waals surface area contributed by atoms with Gasteiger partial charge in [-0.2, -0.15) is 13.2 Å². The quantitative estimate of drug-likeness (QED) is 0.482. The highest BCUT2D eigenvalue weighted by atomic mass is 19.4. The molecule has 0 bridgehead atoms. The van der Waals surface area contributed by atoms with Crippen molar-refractivity contribution < 1.29 is 27.5 Å². The van der Waals surface area contributed by atoms with Crippen molar-refractivity contribution in [2.24, 2.45) is 5.73 Å². The van der Waals surface area contributed by atoms with E-state index in [9.17, 15) is 22.8 Å². The standard InChI is InChI=1S/C24H22F3N5O3/c1-29-23(34)16-6-7-18(21-15(16)5-3-9-35-21)30-8-2-4-14-10-17(22(28)33)20-19(11-14)32(13-31-20)12-24(25,26)27/h6-7,10-11,13,30H,3,5,8-9,12H2,1H3,(H2,28,33)(H,29,34). The lowest BCUT2D eigenvalue weighted by Gasteiger charge is -2.22. The van der Waals surface area contributed by atoms with Crippen molar-refractivity contribution >= 4 is 28.5 Å². The van der Waals surface area contributed by atoms with Gasteiger partial charge in [-0.3, -0.25) is 9.59 Å². The summed E-state index contributed by atoms with van der Waals surface area (Å²) >= 11 is 0. The molecule has 0 radical (unpaired) electrons. The van der Waals surface area contributed by atoms with Crippen molar-refractivity contribution in [1.82, 2.24) is 14.9 Å². The lowest BCUT2D eigenvalue weighted by molar-refractivity contribution is -0.139. The molecule has 0 aliphatic carbocycles. The van der Waals surface area contributed by atoms with Gasteiger partial charge < -0.3 is 25.7 Å². The van der Waals surface area contributed by atoms with Crippen molar-refractivity contribution in [3.8, 4) is 17.6 Å². The highest BCUT2D eigenvalue weighted by molar-refractivity contribution is 6.04. The number of nitrogens with two attached hydrogens (primary N) is 1. The van der Waals surface area contributed by atoms with Crippen LogP contribution in [0.2, 0.25) is 0 Å². The summed E-state index contributed by atoms with van der Waals surface area (Å²) in [6.45, 7) is -0.537. The predicted octanol–water partition coefficient (Wildman–Crippen LogP) is 2.85. The minimum Gasteiger partial charge on any atom is -0.491 e. The van der Waals surface area contributed by atoms with Crippen LogP contribution >= 0.6 is 0 Å². The number of alkyl halides is 3. The van der Waals surface area contributed by atoms with Gasteiger partial charge in [0, 0.05) is 23.7 Å². The second kappa shape index (κ2) is 9.58. The highest BCUT2D eigenvalue weighted by Gasteiger charge is 2.29. The molecular formula is C24H22F3N5O3. The molecule has 4 N–H and O–H groups in total. The number of fused-ring (bicyclic) bond motifs is 2. The molecule has 4 rings (SSSR count). The molecule has 2 amide bonds. The zero-order valence-electron chi connectivity index (χ0n) is 18.8. The first-order chi connectivity index (χ1) is 16.7. The topological polar surface area (TPSA) is 111 Å². The van der Waals surface area contributed by atoms with E-state index in [1.807, 2.05) is 0 Å². The van der Waals surface area contributed by atoms with E-state index in [4.69, 9.17) is 10.5 Å². The molecule has 11 heteroatoms. The molecule has 0 fully saturated rings. The molecule has 1 aliphatic heterocycles. The second-order valence-electron chi connectivity index (χ2n) is 7.90. The van der Waals surface area contributed by atoms with Crippen molar-refractivity contribution in [3.05, 3.63) is 52.8 Å². The zero-order chi connectivity index (χ0) is 25.2. The molecular weight excluding hydrogens is 463 g/mol. The first kappa shape index (κ1) is 23.9. The van der Waals surface area contributed by atoms with E-state index < -0.39 is 18.6 Å². The van der Waals surface area contributed by atoms with Gasteiger partial charge in [-0.1, -0.05) is 11.8 Å². The molecule has 182 valence electrons. The summed E-state index contributed by atoms with van der Waals surface area (Å²) in [5.74, 6) is 5.35. The number of carbonyl (C=O) groups excluding carboxylic acids is 2. The van der Waals surface area contributed by atoms with E-state index in [0.717, 1.165) is 22.9 Å². The van der Waals surface area contributed by atoms with Gasteiger partial charge in [0.05, 0.1) is 36.2 Å². The van der Waals surface area contributed by atoms with Crippen LogP contribution in [0.4, 0.5) is 18.9 Å². The average Bonchev–Trinajstić information content (AvgIpc) is 3.21. The number of nitrogens with zero attached hydrogens (tertiary/aromatic N) is 2. The highest BCUT2D eigenvalue weighted by Crippen LogP contribution is 2.35. The van der Waals surface area contributed by atoms with Gasteiger partial charge in [-0.15, -0.1) is 0 Å². The van der Waals surface area contributed by atoms with Gasteiger partial charge >= 0.3 is 6.18 Å². The number of anilines is 1. The number of imidazole rings is 1. The Kier molecular flexibility index (Phi) is 6.55. The Morgan fingerprint density at radius 2 is 2.06 bits per heavy atom. The minimum absolute atomic E-state index is 0.00653. The summed E-state index contributed by atoms with van der Waals surface area (Å²) in [4.78, 5) is 27.9. The number of hydrogen-bond acceptors (Lipinski definition) is 5. The summed E-state index contributed by atoms with van der Waals surface area (Å²) in [5.41, 5.74) is 7.99. The van der Waals surface area contributed by atoms with Gasteiger partial charge in [-0.05, 0) is 37.1 Å². The number of amides is 2. The fourth-order valence-electron chi connectivity index (χ4n) is 3.98. The molecule has 0 unspecified atom stereocenters. The molecule has 2 heterocycles. The number of halogens is 3. The molecule has 0 saturated carbocycles. The number of nitrogens with one attached hydrogen (secondary N) is 2. The van der Waals surface area contributed by atoms with Crippen molar-refractivity contribution in [1.29, 1.82) is 0 Å². The summed E-state index contributed by atoms with van der Waals surface area (Å²) in [5, 5.41) is 5.77. The molecule has 1 aliphatic rings. The molecule has 1 aromatic heterocycles. The molecule has 0 saturated heterocycles. The molecule has 0 spiro atoms. The minimum atomic E-state index is -4.46.